The van der Waals surface area contributed by atoms with Gasteiger partial charge in [-0.15, -0.1) is 5.10 Å². The summed E-state index contributed by atoms with van der Waals surface area (Å²) >= 11 is 0. The standard InChI is InChI=1S/C24H26FN7O2.3H2/c1-3-33-13-4-5-14-34-24-29-19(21-22(26)31-32-12-6-11-27-23(21)32)15-20(30-24)28-16(2)17-7-9-18(25)10-8-17;;;/h3,6-12,15-16H,1,4-5,13-14H2,2H3,(H2,26,31)(H,28,29,30);3*1H/t16-;;;/m0.../s1. The predicted molar refractivity (Wildman–Crippen MR) is 134 cm³/mol. The molecule has 0 aliphatic rings. The van der Waals surface area contributed by atoms with Gasteiger partial charge in [-0.05, 0) is 43.5 Å². The fourth-order valence-corrected chi connectivity index (χ4v) is 3.43. The number of nitrogens with one attached hydrogen (secondary N) is 1. The van der Waals surface area contributed by atoms with Crippen molar-refractivity contribution in [2.24, 2.45) is 0 Å². The van der Waals surface area contributed by atoms with E-state index >= 15 is 0 Å². The number of hydrogen-bond acceptors (Lipinski definition) is 8. The molecule has 1 aromatic carbocycles. The molecule has 34 heavy (non-hydrogen) atoms. The molecule has 0 bridgehead atoms. The lowest BCUT2D eigenvalue weighted by molar-refractivity contribution is 0.221. The molecule has 182 valence electrons. The van der Waals surface area contributed by atoms with Crippen molar-refractivity contribution in [2.75, 3.05) is 24.3 Å². The van der Waals surface area contributed by atoms with Crippen LogP contribution in [-0.4, -0.2) is 37.8 Å². The van der Waals surface area contributed by atoms with Gasteiger partial charge < -0.3 is 20.5 Å². The molecule has 0 saturated carbocycles. The molecular formula is C24H32FN7O2. The van der Waals surface area contributed by atoms with E-state index < -0.39 is 0 Å². The maximum atomic E-state index is 13.3. The fraction of sp³-hybridized carbons (Fsp3) is 0.250. The lowest BCUT2D eigenvalue weighted by atomic mass is 10.1. The van der Waals surface area contributed by atoms with Gasteiger partial charge in [0.2, 0.25) is 0 Å². The summed E-state index contributed by atoms with van der Waals surface area (Å²) in [6.07, 6.45) is 6.42. The van der Waals surface area contributed by atoms with Gasteiger partial charge >= 0.3 is 6.01 Å². The van der Waals surface area contributed by atoms with Gasteiger partial charge in [-0.1, -0.05) is 18.7 Å². The number of benzene rings is 1. The van der Waals surface area contributed by atoms with Crippen LogP contribution in [0.2, 0.25) is 0 Å². The van der Waals surface area contributed by atoms with Crippen LogP contribution in [0.25, 0.3) is 16.9 Å². The normalized spacial score (nSPS) is 11.8. The van der Waals surface area contributed by atoms with Crippen LogP contribution in [0.4, 0.5) is 16.0 Å². The Morgan fingerprint density at radius 1 is 1.24 bits per heavy atom. The molecule has 10 heteroatoms. The number of nitrogens with two attached hydrogens (primary N) is 1. The first-order valence-corrected chi connectivity index (χ1v) is 10.9. The third-order valence-corrected chi connectivity index (χ3v) is 5.12. The molecule has 3 heterocycles. The molecule has 0 spiro atoms. The van der Waals surface area contributed by atoms with Crippen molar-refractivity contribution < 1.29 is 18.1 Å². The van der Waals surface area contributed by atoms with Gasteiger partial charge in [0.15, 0.2) is 11.5 Å². The molecule has 0 saturated heterocycles. The summed E-state index contributed by atoms with van der Waals surface area (Å²) in [6.45, 7) is 6.47. The van der Waals surface area contributed by atoms with E-state index in [0.717, 1.165) is 18.4 Å². The molecule has 0 aliphatic heterocycles. The highest BCUT2D eigenvalue weighted by molar-refractivity contribution is 5.85. The average molecular weight is 470 g/mol. The number of halogens is 1. The molecule has 4 rings (SSSR count). The lowest BCUT2D eigenvalue weighted by Gasteiger charge is -2.16. The highest BCUT2D eigenvalue weighted by Gasteiger charge is 2.18. The van der Waals surface area contributed by atoms with Gasteiger partial charge in [-0.25, -0.2) is 13.9 Å². The molecule has 0 fully saturated rings. The van der Waals surface area contributed by atoms with Crippen LogP contribution < -0.4 is 15.8 Å². The number of ether oxygens (including phenoxy) is 2. The molecule has 1 atom stereocenters. The number of anilines is 2. The number of nitrogen functional groups attached to an aromatic ring is 1. The van der Waals surface area contributed by atoms with E-state index in [-0.39, 0.29) is 22.1 Å². The zero-order chi connectivity index (χ0) is 23.9. The number of unbranched alkanes of at least 4 members (excludes halogenated alkanes) is 1. The van der Waals surface area contributed by atoms with Gasteiger partial charge in [0, 0.05) is 28.8 Å². The Hall–Kier alpha value is -4.21. The van der Waals surface area contributed by atoms with E-state index in [1.54, 1.807) is 41.2 Å². The number of fused-ring (bicyclic) bond motifs is 1. The Labute approximate surface area is 200 Å². The van der Waals surface area contributed by atoms with Crippen LogP contribution in [0.5, 0.6) is 6.01 Å². The Bertz CT molecular complexity index is 1280. The summed E-state index contributed by atoms with van der Waals surface area (Å²) in [4.78, 5) is 13.5. The Morgan fingerprint density at radius 3 is 2.82 bits per heavy atom. The fourth-order valence-electron chi connectivity index (χ4n) is 3.43. The van der Waals surface area contributed by atoms with E-state index in [9.17, 15) is 4.39 Å². The summed E-state index contributed by atoms with van der Waals surface area (Å²) in [7, 11) is 0. The minimum absolute atomic E-state index is 0. The van der Waals surface area contributed by atoms with Crippen LogP contribution in [0.3, 0.4) is 0 Å². The van der Waals surface area contributed by atoms with Crippen LogP contribution in [0.1, 0.15) is 35.7 Å². The second-order valence-corrected chi connectivity index (χ2v) is 7.58. The molecule has 9 nitrogen and oxygen atoms in total. The number of rotatable bonds is 11. The maximum Gasteiger partial charge on any atom is 0.318 e. The molecule has 3 aromatic heterocycles. The Morgan fingerprint density at radius 2 is 2.03 bits per heavy atom. The van der Waals surface area contributed by atoms with E-state index in [0.29, 0.717) is 41.8 Å². The van der Waals surface area contributed by atoms with E-state index in [1.165, 1.54) is 18.4 Å². The van der Waals surface area contributed by atoms with Crippen molar-refractivity contribution in [2.45, 2.75) is 25.8 Å². The van der Waals surface area contributed by atoms with Crippen LogP contribution in [0.15, 0.2) is 61.6 Å². The molecule has 0 radical (unpaired) electrons. The van der Waals surface area contributed by atoms with Gasteiger partial charge in [0.05, 0.1) is 30.7 Å². The summed E-state index contributed by atoms with van der Waals surface area (Å²) in [5, 5.41) is 7.66. The summed E-state index contributed by atoms with van der Waals surface area (Å²) in [5.41, 5.74) is 8.80. The first-order chi connectivity index (χ1) is 16.5. The number of aromatic nitrogens is 5. The average Bonchev–Trinajstić information content (AvgIpc) is 3.17. The Balaban J connectivity index is 0.00000228. The largest absolute Gasteiger partial charge is 0.502 e. The second kappa shape index (κ2) is 10.6. The van der Waals surface area contributed by atoms with Crippen LogP contribution in [0, 0.1) is 5.82 Å². The van der Waals surface area contributed by atoms with E-state index in [2.05, 4.69) is 31.9 Å². The first kappa shape index (κ1) is 23.0. The van der Waals surface area contributed by atoms with Crippen molar-refractivity contribution in [3.63, 3.8) is 0 Å². The van der Waals surface area contributed by atoms with Crippen LogP contribution in [-0.2, 0) is 4.74 Å². The van der Waals surface area contributed by atoms with Crippen molar-refractivity contribution in [3.8, 4) is 17.3 Å². The Kier molecular flexibility index (Phi) is 7.16. The van der Waals surface area contributed by atoms with Crippen molar-refractivity contribution in [1.29, 1.82) is 0 Å². The topological polar surface area (TPSA) is 112 Å². The van der Waals surface area contributed by atoms with Gasteiger partial charge in [0.1, 0.15) is 11.6 Å². The van der Waals surface area contributed by atoms with Crippen molar-refractivity contribution in [1.82, 2.24) is 24.6 Å². The van der Waals surface area contributed by atoms with Gasteiger partial charge in [-0.2, -0.15) is 9.97 Å². The number of nitrogens with zero attached hydrogens (tertiary/aromatic N) is 5. The quantitative estimate of drug-likeness (QED) is 0.229. The zero-order valence-electron chi connectivity index (χ0n) is 18.8. The summed E-state index contributed by atoms with van der Waals surface area (Å²) < 4.78 is 25.9. The highest BCUT2D eigenvalue weighted by Crippen LogP contribution is 2.31. The predicted octanol–water partition coefficient (Wildman–Crippen LogP) is 5.14. The van der Waals surface area contributed by atoms with E-state index in [4.69, 9.17) is 15.2 Å². The summed E-state index contributed by atoms with van der Waals surface area (Å²) in [5.74, 6) is 0.537. The SMILES string of the molecule is C=COCCCCOc1nc(N[C@@H](C)c2ccc(F)cc2)cc(-c2c(N)nn3cccnc23)n1.[HH].[HH].[HH]. The third kappa shape index (κ3) is 5.40. The minimum atomic E-state index is -0.287. The minimum Gasteiger partial charge on any atom is -0.502 e. The van der Waals surface area contributed by atoms with Crippen molar-refractivity contribution in [3.05, 3.63) is 73.0 Å². The molecule has 0 unspecified atom stereocenters. The van der Waals surface area contributed by atoms with Crippen molar-refractivity contribution >= 4 is 17.3 Å². The number of hydrogen-bond donors (Lipinski definition) is 2. The maximum absolute atomic E-state index is 13.3. The molecule has 0 aliphatic carbocycles. The van der Waals surface area contributed by atoms with Gasteiger partial charge in [0.25, 0.3) is 0 Å². The van der Waals surface area contributed by atoms with Crippen LogP contribution >= 0.6 is 0 Å². The molecular weight excluding hydrogens is 437 g/mol. The second-order valence-electron chi connectivity index (χ2n) is 7.58. The van der Waals surface area contributed by atoms with Gasteiger partial charge in [-0.3, -0.25) is 0 Å². The summed E-state index contributed by atoms with van der Waals surface area (Å²) in [6, 6.07) is 9.90. The first-order valence-electron chi connectivity index (χ1n) is 10.9. The zero-order valence-corrected chi connectivity index (χ0v) is 18.8. The third-order valence-electron chi connectivity index (χ3n) is 5.12. The smallest absolute Gasteiger partial charge is 0.318 e. The lowest BCUT2D eigenvalue weighted by Crippen LogP contribution is -2.10. The highest BCUT2D eigenvalue weighted by atomic mass is 19.1. The monoisotopic (exact) mass is 469 g/mol. The van der Waals surface area contributed by atoms with E-state index in [1.807, 2.05) is 6.92 Å². The molecule has 4 aromatic rings. The molecule has 0 amide bonds. The molecule has 3 N–H and O–H groups in total.